The van der Waals surface area contributed by atoms with Gasteiger partial charge in [0.15, 0.2) is 11.6 Å². The molecule has 1 atom stereocenters. The average molecular weight is 503 g/mol. The Bertz CT molecular complexity index is 1600. The van der Waals surface area contributed by atoms with Gasteiger partial charge < -0.3 is 15.2 Å². The minimum absolute atomic E-state index is 0.0380. The smallest absolute Gasteiger partial charge is 0.328 e. The largest absolute Gasteiger partial charge is 0.482 e. The van der Waals surface area contributed by atoms with E-state index in [9.17, 15) is 9.18 Å². The van der Waals surface area contributed by atoms with E-state index in [4.69, 9.17) is 15.2 Å². The van der Waals surface area contributed by atoms with Crippen LogP contribution < -0.4 is 10.5 Å². The first kappa shape index (κ1) is 24.2. The average Bonchev–Trinajstić information content (AvgIpc) is 3.48. The Morgan fingerprint density at radius 2 is 1.95 bits per heavy atom. The summed E-state index contributed by atoms with van der Waals surface area (Å²) in [6.07, 6.45) is 4.70. The van der Waals surface area contributed by atoms with Crippen LogP contribution >= 0.6 is 0 Å². The van der Waals surface area contributed by atoms with Crippen molar-refractivity contribution < 1.29 is 18.7 Å². The second-order valence-electron chi connectivity index (χ2n) is 9.78. The Morgan fingerprint density at radius 1 is 1.14 bits per heavy atom. The monoisotopic (exact) mass is 502 g/mol. The first-order chi connectivity index (χ1) is 17.6. The maximum absolute atomic E-state index is 13.8. The number of nitrogens with zero attached hydrogens (tertiary/aromatic N) is 5. The standard InChI is InChI=1S/C27H27FN6O3/c1-16(36-24-12-17-10-19(28)6-7-21(17)32-26(24)29)20-13-22-18(11-23(20)33-9-5-8-30-33)14-31-34(22)15-25(35)37-27(2,3)4/h5-14,16H,15H2,1-4H3,(H2,29,32)/t16-/m0/s1. The molecule has 0 aliphatic carbocycles. The fourth-order valence-corrected chi connectivity index (χ4v) is 4.18. The number of anilines is 1. The topological polar surface area (TPSA) is 110 Å². The van der Waals surface area contributed by atoms with E-state index in [1.807, 2.05) is 52.1 Å². The Balaban J connectivity index is 1.54. The fourth-order valence-electron chi connectivity index (χ4n) is 4.18. The fraction of sp³-hybridized carbons (Fsp3) is 0.259. The van der Waals surface area contributed by atoms with E-state index < -0.39 is 11.7 Å². The number of carbonyl (C=O) groups is 1. The van der Waals surface area contributed by atoms with Gasteiger partial charge >= 0.3 is 5.97 Å². The van der Waals surface area contributed by atoms with Gasteiger partial charge in [-0.05, 0) is 70.2 Å². The maximum Gasteiger partial charge on any atom is 0.328 e. The van der Waals surface area contributed by atoms with Crippen LogP contribution in [0, 0.1) is 5.82 Å². The highest BCUT2D eigenvalue weighted by atomic mass is 19.1. The number of pyridine rings is 1. The van der Waals surface area contributed by atoms with Crippen LogP contribution in [0.2, 0.25) is 0 Å². The van der Waals surface area contributed by atoms with Crippen LogP contribution in [0.5, 0.6) is 5.75 Å². The van der Waals surface area contributed by atoms with Gasteiger partial charge in [-0.15, -0.1) is 0 Å². The molecule has 37 heavy (non-hydrogen) atoms. The normalized spacial score (nSPS) is 12.7. The van der Waals surface area contributed by atoms with Gasteiger partial charge in [0.2, 0.25) is 0 Å². The predicted octanol–water partition coefficient (Wildman–Crippen LogP) is 4.97. The minimum Gasteiger partial charge on any atom is -0.482 e. The molecular weight excluding hydrogens is 475 g/mol. The molecule has 2 N–H and O–H groups in total. The molecule has 10 heteroatoms. The Hall–Kier alpha value is -4.47. The summed E-state index contributed by atoms with van der Waals surface area (Å²) in [5.74, 6) is -0.230. The minimum atomic E-state index is -0.600. The molecule has 9 nitrogen and oxygen atoms in total. The molecule has 0 fully saturated rings. The van der Waals surface area contributed by atoms with E-state index in [-0.39, 0.29) is 24.1 Å². The number of benzene rings is 2. The predicted molar refractivity (Wildman–Crippen MR) is 138 cm³/mol. The first-order valence-electron chi connectivity index (χ1n) is 11.8. The number of esters is 1. The zero-order chi connectivity index (χ0) is 26.3. The molecule has 0 saturated carbocycles. The number of rotatable bonds is 6. The molecule has 0 saturated heterocycles. The SMILES string of the molecule is C[C@H](Oc1cc2cc(F)ccc2nc1N)c1cc2c(cnn2CC(=O)OC(C)(C)C)cc1-n1cccn1. The summed E-state index contributed by atoms with van der Waals surface area (Å²) in [6.45, 7) is 7.30. The van der Waals surface area contributed by atoms with Crippen molar-refractivity contribution in [1.29, 1.82) is 0 Å². The zero-order valence-corrected chi connectivity index (χ0v) is 21.0. The molecule has 0 amide bonds. The van der Waals surface area contributed by atoms with Crippen LogP contribution in [0.15, 0.2) is 61.1 Å². The van der Waals surface area contributed by atoms with Crippen molar-refractivity contribution in [2.75, 3.05) is 5.73 Å². The van der Waals surface area contributed by atoms with Gasteiger partial charge in [0.05, 0.1) is 22.9 Å². The number of hydrogen-bond donors (Lipinski definition) is 1. The lowest BCUT2D eigenvalue weighted by atomic mass is 10.1. The molecule has 0 bridgehead atoms. The lowest BCUT2D eigenvalue weighted by molar-refractivity contribution is -0.155. The highest BCUT2D eigenvalue weighted by molar-refractivity contribution is 5.84. The Labute approximate surface area is 212 Å². The Kier molecular flexibility index (Phi) is 6.02. The van der Waals surface area contributed by atoms with Crippen molar-refractivity contribution in [3.05, 3.63) is 72.4 Å². The third-order valence-electron chi connectivity index (χ3n) is 5.75. The van der Waals surface area contributed by atoms with Crippen molar-refractivity contribution in [3.8, 4) is 11.4 Å². The van der Waals surface area contributed by atoms with Crippen molar-refractivity contribution >= 4 is 33.6 Å². The van der Waals surface area contributed by atoms with E-state index in [0.29, 0.717) is 16.7 Å². The number of fused-ring (bicyclic) bond motifs is 2. The van der Waals surface area contributed by atoms with Crippen LogP contribution in [-0.2, 0) is 16.1 Å². The van der Waals surface area contributed by atoms with Gasteiger partial charge in [-0.3, -0.25) is 9.48 Å². The third kappa shape index (κ3) is 5.09. The van der Waals surface area contributed by atoms with Crippen LogP contribution in [0.3, 0.4) is 0 Å². The summed E-state index contributed by atoms with van der Waals surface area (Å²) in [4.78, 5) is 16.8. The molecule has 0 unspecified atom stereocenters. The van der Waals surface area contributed by atoms with E-state index in [0.717, 1.165) is 22.2 Å². The van der Waals surface area contributed by atoms with E-state index in [1.54, 1.807) is 33.9 Å². The van der Waals surface area contributed by atoms with Crippen LogP contribution in [0.25, 0.3) is 27.5 Å². The second kappa shape index (κ2) is 9.20. The summed E-state index contributed by atoms with van der Waals surface area (Å²) in [5.41, 5.74) is 8.44. The second-order valence-corrected chi connectivity index (χ2v) is 9.78. The van der Waals surface area contributed by atoms with E-state index in [1.165, 1.54) is 12.1 Å². The summed E-state index contributed by atoms with van der Waals surface area (Å²) in [7, 11) is 0. The highest BCUT2D eigenvalue weighted by Crippen LogP contribution is 2.33. The molecule has 2 aromatic carbocycles. The lowest BCUT2D eigenvalue weighted by Gasteiger charge is -2.21. The molecule has 0 radical (unpaired) electrons. The van der Waals surface area contributed by atoms with Gasteiger partial charge in [0, 0.05) is 28.7 Å². The quantitative estimate of drug-likeness (QED) is 0.326. The molecule has 0 aliphatic heterocycles. The van der Waals surface area contributed by atoms with Crippen molar-refractivity contribution in [1.82, 2.24) is 24.5 Å². The lowest BCUT2D eigenvalue weighted by Crippen LogP contribution is -2.26. The number of nitrogen functional groups attached to an aromatic ring is 1. The van der Waals surface area contributed by atoms with Crippen LogP contribution in [0.1, 0.15) is 39.4 Å². The number of nitrogens with two attached hydrogens (primary N) is 1. The summed E-state index contributed by atoms with van der Waals surface area (Å²) in [5, 5.41) is 10.2. The van der Waals surface area contributed by atoms with E-state index in [2.05, 4.69) is 15.2 Å². The first-order valence-corrected chi connectivity index (χ1v) is 11.8. The maximum atomic E-state index is 13.8. The van der Waals surface area contributed by atoms with Crippen LogP contribution in [0.4, 0.5) is 10.2 Å². The van der Waals surface area contributed by atoms with Gasteiger partial charge in [-0.2, -0.15) is 10.2 Å². The van der Waals surface area contributed by atoms with Crippen molar-refractivity contribution in [3.63, 3.8) is 0 Å². The van der Waals surface area contributed by atoms with E-state index >= 15 is 0 Å². The van der Waals surface area contributed by atoms with Gasteiger partial charge in [0.1, 0.15) is 24.1 Å². The molecule has 3 aromatic heterocycles. The van der Waals surface area contributed by atoms with Crippen molar-refractivity contribution in [2.45, 2.75) is 45.9 Å². The molecule has 5 aromatic rings. The highest BCUT2D eigenvalue weighted by Gasteiger charge is 2.21. The van der Waals surface area contributed by atoms with Crippen molar-refractivity contribution in [2.24, 2.45) is 0 Å². The van der Waals surface area contributed by atoms with Gasteiger partial charge in [-0.25, -0.2) is 14.1 Å². The number of hydrogen-bond acceptors (Lipinski definition) is 7. The molecule has 5 rings (SSSR count). The van der Waals surface area contributed by atoms with Crippen LogP contribution in [-0.4, -0.2) is 36.1 Å². The van der Waals surface area contributed by atoms with Gasteiger partial charge in [0.25, 0.3) is 0 Å². The summed E-state index contributed by atoms with van der Waals surface area (Å²) in [6, 6.07) is 11.6. The third-order valence-corrected chi connectivity index (χ3v) is 5.75. The molecule has 3 heterocycles. The van der Waals surface area contributed by atoms with Gasteiger partial charge in [-0.1, -0.05) is 0 Å². The zero-order valence-electron chi connectivity index (χ0n) is 21.0. The molecule has 190 valence electrons. The molecular formula is C27H27FN6O3. The molecule has 0 spiro atoms. The number of carbonyl (C=O) groups excluding carboxylic acids is 1. The summed E-state index contributed by atoms with van der Waals surface area (Å²) < 4.78 is 28.9. The summed E-state index contributed by atoms with van der Waals surface area (Å²) >= 11 is 0. The number of aromatic nitrogens is 5. The number of halogens is 1. The Morgan fingerprint density at radius 3 is 2.68 bits per heavy atom. The number of ether oxygens (including phenoxy) is 2. The molecule has 0 aliphatic rings.